The second-order valence-electron chi connectivity index (χ2n) is 5.09. The van der Waals surface area contributed by atoms with Gasteiger partial charge in [0.25, 0.3) is 0 Å². The van der Waals surface area contributed by atoms with Crippen LogP contribution in [0.1, 0.15) is 25.8 Å². The summed E-state index contributed by atoms with van der Waals surface area (Å²) < 4.78 is 5.25. The Morgan fingerprint density at radius 1 is 1.37 bits per heavy atom. The Kier molecular flexibility index (Phi) is 6.36. The van der Waals surface area contributed by atoms with Crippen LogP contribution >= 0.6 is 0 Å². The molecule has 1 unspecified atom stereocenters. The number of para-hydroxylation sites is 1. The quantitative estimate of drug-likeness (QED) is 0.791. The highest BCUT2D eigenvalue weighted by atomic mass is 16.5. The molecule has 0 radical (unpaired) electrons. The van der Waals surface area contributed by atoms with Gasteiger partial charge in [-0.1, -0.05) is 32.0 Å². The van der Waals surface area contributed by atoms with E-state index in [4.69, 9.17) is 10.5 Å². The number of methoxy groups -OCH3 is 1. The van der Waals surface area contributed by atoms with Crippen LogP contribution in [0.25, 0.3) is 0 Å². The molecule has 1 aromatic rings. The first-order valence-electron chi connectivity index (χ1n) is 6.68. The molecule has 4 nitrogen and oxygen atoms in total. The van der Waals surface area contributed by atoms with Crippen molar-refractivity contribution in [2.45, 2.75) is 26.8 Å². The number of ether oxygens (including phenoxy) is 1. The Morgan fingerprint density at radius 2 is 2.05 bits per heavy atom. The van der Waals surface area contributed by atoms with Crippen molar-refractivity contribution in [2.24, 2.45) is 17.6 Å². The van der Waals surface area contributed by atoms with E-state index >= 15 is 0 Å². The molecular formula is C15H24N2O2. The van der Waals surface area contributed by atoms with Gasteiger partial charge in [0.1, 0.15) is 5.75 Å². The van der Waals surface area contributed by atoms with Crippen molar-refractivity contribution in [1.82, 2.24) is 5.32 Å². The number of rotatable bonds is 7. The second-order valence-corrected chi connectivity index (χ2v) is 5.09. The molecule has 0 saturated heterocycles. The predicted molar refractivity (Wildman–Crippen MR) is 76.8 cm³/mol. The third kappa shape index (κ3) is 4.91. The molecule has 19 heavy (non-hydrogen) atoms. The first kappa shape index (κ1) is 15.5. The number of nitrogens with one attached hydrogen (secondary N) is 1. The first-order valence-corrected chi connectivity index (χ1v) is 6.68. The Hall–Kier alpha value is -1.55. The summed E-state index contributed by atoms with van der Waals surface area (Å²) in [6, 6.07) is 7.67. The highest BCUT2D eigenvalue weighted by Crippen LogP contribution is 2.17. The summed E-state index contributed by atoms with van der Waals surface area (Å²) in [7, 11) is 1.63. The summed E-state index contributed by atoms with van der Waals surface area (Å²) in [5.74, 6) is 1.15. The van der Waals surface area contributed by atoms with E-state index < -0.39 is 0 Å². The van der Waals surface area contributed by atoms with Crippen molar-refractivity contribution >= 4 is 5.91 Å². The van der Waals surface area contributed by atoms with E-state index in [1.54, 1.807) is 7.11 Å². The number of nitrogens with two attached hydrogens (primary N) is 1. The van der Waals surface area contributed by atoms with Gasteiger partial charge in [-0.3, -0.25) is 4.79 Å². The molecule has 0 saturated carbocycles. The standard InChI is InChI=1S/C15H24N2O2/c1-11(2)8-13(9-16)15(18)17-10-12-6-4-5-7-14(12)19-3/h4-7,11,13H,8-10,16H2,1-3H3,(H,17,18). The van der Waals surface area contributed by atoms with Crippen LogP contribution in [0.2, 0.25) is 0 Å². The molecule has 0 aromatic heterocycles. The van der Waals surface area contributed by atoms with Gasteiger partial charge < -0.3 is 15.8 Å². The van der Waals surface area contributed by atoms with E-state index in [1.165, 1.54) is 0 Å². The predicted octanol–water partition coefficient (Wildman–Crippen LogP) is 1.93. The van der Waals surface area contributed by atoms with Gasteiger partial charge in [0.05, 0.1) is 13.0 Å². The van der Waals surface area contributed by atoms with Gasteiger partial charge in [-0.2, -0.15) is 0 Å². The molecule has 0 fully saturated rings. The lowest BCUT2D eigenvalue weighted by Gasteiger charge is -2.17. The minimum absolute atomic E-state index is 0.0158. The molecular weight excluding hydrogens is 240 g/mol. The van der Waals surface area contributed by atoms with Crippen molar-refractivity contribution in [1.29, 1.82) is 0 Å². The van der Waals surface area contributed by atoms with Gasteiger partial charge in [0, 0.05) is 18.7 Å². The summed E-state index contributed by atoms with van der Waals surface area (Å²) in [4.78, 5) is 12.1. The molecule has 1 amide bonds. The molecule has 0 spiro atoms. The summed E-state index contributed by atoms with van der Waals surface area (Å²) in [6.07, 6.45) is 0.814. The van der Waals surface area contributed by atoms with Crippen LogP contribution in [-0.4, -0.2) is 19.6 Å². The van der Waals surface area contributed by atoms with Crippen LogP contribution in [0.4, 0.5) is 0 Å². The summed E-state index contributed by atoms with van der Waals surface area (Å²) in [6.45, 7) is 5.04. The Balaban J connectivity index is 2.57. The highest BCUT2D eigenvalue weighted by molar-refractivity contribution is 5.78. The Morgan fingerprint density at radius 3 is 2.63 bits per heavy atom. The molecule has 0 aliphatic carbocycles. The SMILES string of the molecule is COc1ccccc1CNC(=O)C(CN)CC(C)C. The van der Waals surface area contributed by atoms with E-state index in [1.807, 2.05) is 24.3 Å². The van der Waals surface area contributed by atoms with E-state index in [9.17, 15) is 4.79 Å². The van der Waals surface area contributed by atoms with Crippen molar-refractivity contribution in [3.63, 3.8) is 0 Å². The average Bonchev–Trinajstić information content (AvgIpc) is 2.42. The number of carbonyl (C=O) groups is 1. The lowest BCUT2D eigenvalue weighted by Crippen LogP contribution is -2.35. The zero-order valence-corrected chi connectivity index (χ0v) is 12.0. The summed E-state index contributed by atoms with van der Waals surface area (Å²) in [5.41, 5.74) is 6.63. The number of hydrogen-bond acceptors (Lipinski definition) is 3. The first-order chi connectivity index (χ1) is 9.08. The highest BCUT2D eigenvalue weighted by Gasteiger charge is 2.18. The zero-order valence-electron chi connectivity index (χ0n) is 12.0. The zero-order chi connectivity index (χ0) is 14.3. The third-order valence-electron chi connectivity index (χ3n) is 3.06. The maximum atomic E-state index is 12.1. The molecule has 4 heteroatoms. The molecule has 0 bridgehead atoms. The van der Waals surface area contributed by atoms with Gasteiger partial charge in [-0.25, -0.2) is 0 Å². The number of benzene rings is 1. The van der Waals surface area contributed by atoms with Crippen LogP contribution < -0.4 is 15.8 Å². The Labute approximate surface area is 115 Å². The fourth-order valence-corrected chi connectivity index (χ4v) is 2.06. The largest absolute Gasteiger partial charge is 0.496 e. The van der Waals surface area contributed by atoms with Crippen LogP contribution in [0.5, 0.6) is 5.75 Å². The average molecular weight is 264 g/mol. The number of hydrogen-bond donors (Lipinski definition) is 2. The minimum Gasteiger partial charge on any atom is -0.496 e. The molecule has 0 heterocycles. The van der Waals surface area contributed by atoms with Crippen molar-refractivity contribution in [3.8, 4) is 5.75 Å². The number of amides is 1. The molecule has 1 rings (SSSR count). The lowest BCUT2D eigenvalue weighted by atomic mass is 9.96. The van der Waals surface area contributed by atoms with Crippen LogP contribution in [0.3, 0.4) is 0 Å². The van der Waals surface area contributed by atoms with Crippen molar-refractivity contribution in [3.05, 3.63) is 29.8 Å². The van der Waals surface area contributed by atoms with Crippen molar-refractivity contribution in [2.75, 3.05) is 13.7 Å². The van der Waals surface area contributed by atoms with Gasteiger partial charge in [0.15, 0.2) is 0 Å². The maximum Gasteiger partial charge on any atom is 0.224 e. The minimum atomic E-state index is -0.116. The molecule has 1 aromatic carbocycles. The van der Waals surface area contributed by atoms with Gasteiger partial charge in [-0.15, -0.1) is 0 Å². The number of carbonyl (C=O) groups excluding carboxylic acids is 1. The van der Waals surface area contributed by atoms with Crippen LogP contribution in [0, 0.1) is 11.8 Å². The van der Waals surface area contributed by atoms with Crippen LogP contribution in [0.15, 0.2) is 24.3 Å². The molecule has 0 aliphatic heterocycles. The van der Waals surface area contributed by atoms with Gasteiger partial charge in [0.2, 0.25) is 5.91 Å². The van der Waals surface area contributed by atoms with Gasteiger partial charge in [-0.05, 0) is 18.4 Å². The van der Waals surface area contributed by atoms with E-state index in [-0.39, 0.29) is 11.8 Å². The molecule has 3 N–H and O–H groups in total. The second kappa shape index (κ2) is 7.79. The molecule has 0 aliphatic rings. The summed E-state index contributed by atoms with van der Waals surface area (Å²) >= 11 is 0. The van der Waals surface area contributed by atoms with Gasteiger partial charge >= 0.3 is 0 Å². The van der Waals surface area contributed by atoms with E-state index in [0.717, 1.165) is 17.7 Å². The molecule has 106 valence electrons. The fourth-order valence-electron chi connectivity index (χ4n) is 2.06. The van der Waals surface area contributed by atoms with Crippen LogP contribution in [-0.2, 0) is 11.3 Å². The maximum absolute atomic E-state index is 12.1. The third-order valence-corrected chi connectivity index (χ3v) is 3.06. The molecule has 1 atom stereocenters. The van der Waals surface area contributed by atoms with E-state index in [2.05, 4.69) is 19.2 Å². The topological polar surface area (TPSA) is 64.3 Å². The van der Waals surface area contributed by atoms with E-state index in [0.29, 0.717) is 19.0 Å². The summed E-state index contributed by atoms with van der Waals surface area (Å²) in [5, 5.41) is 2.93. The smallest absolute Gasteiger partial charge is 0.224 e. The lowest BCUT2D eigenvalue weighted by molar-refractivity contribution is -0.125. The fraction of sp³-hybridized carbons (Fsp3) is 0.533. The Bertz CT molecular complexity index is 405. The monoisotopic (exact) mass is 264 g/mol. The normalized spacial score (nSPS) is 12.3. The van der Waals surface area contributed by atoms with Crippen molar-refractivity contribution < 1.29 is 9.53 Å².